The molecule has 1 unspecified atom stereocenters. The van der Waals surface area contributed by atoms with E-state index in [4.69, 9.17) is 21.4 Å². The van der Waals surface area contributed by atoms with Crippen molar-refractivity contribution in [2.24, 2.45) is 0 Å². The Morgan fingerprint density at radius 1 is 1.38 bits per heavy atom. The van der Waals surface area contributed by atoms with E-state index in [1.54, 1.807) is 19.1 Å². The Balaban J connectivity index is 2.33. The van der Waals surface area contributed by atoms with Gasteiger partial charge < -0.3 is 9.84 Å². The Hall–Kier alpha value is -0.730. The van der Waals surface area contributed by atoms with Gasteiger partial charge in [-0.2, -0.15) is 0 Å². The van der Waals surface area contributed by atoms with Crippen LogP contribution in [0.1, 0.15) is 13.3 Å². The lowest BCUT2D eigenvalue weighted by Gasteiger charge is -2.07. The van der Waals surface area contributed by atoms with Gasteiger partial charge in [-0.3, -0.25) is 0 Å². The van der Waals surface area contributed by atoms with Gasteiger partial charge in [-0.15, -0.1) is 0 Å². The Labute approximate surface area is 83.1 Å². The minimum absolute atomic E-state index is 0.313. The minimum Gasteiger partial charge on any atom is -0.493 e. The van der Waals surface area contributed by atoms with Crippen molar-refractivity contribution < 1.29 is 9.84 Å². The Morgan fingerprint density at radius 2 is 2.00 bits per heavy atom. The maximum Gasteiger partial charge on any atom is 0.119 e. The van der Waals surface area contributed by atoms with Gasteiger partial charge in [0.05, 0.1) is 12.7 Å². The molecule has 0 bridgehead atoms. The number of hydrogen-bond acceptors (Lipinski definition) is 2. The number of rotatable bonds is 4. The molecule has 3 heteroatoms. The van der Waals surface area contributed by atoms with Gasteiger partial charge in [-0.25, -0.2) is 0 Å². The lowest BCUT2D eigenvalue weighted by molar-refractivity contribution is 0.155. The van der Waals surface area contributed by atoms with Crippen molar-refractivity contribution in [2.75, 3.05) is 6.61 Å². The predicted molar refractivity (Wildman–Crippen MR) is 53.2 cm³/mol. The van der Waals surface area contributed by atoms with E-state index in [9.17, 15) is 0 Å². The molecular formula is C10H13ClO2. The number of aliphatic hydroxyl groups is 1. The lowest BCUT2D eigenvalue weighted by Crippen LogP contribution is -2.07. The summed E-state index contributed by atoms with van der Waals surface area (Å²) < 4.78 is 5.35. The summed E-state index contributed by atoms with van der Waals surface area (Å²) in [5, 5.41) is 9.67. The van der Waals surface area contributed by atoms with E-state index in [2.05, 4.69) is 0 Å². The van der Waals surface area contributed by atoms with Gasteiger partial charge in [0.15, 0.2) is 0 Å². The standard InChI is InChI=1S/C10H13ClO2/c1-8(12)6-7-13-10-4-2-9(11)3-5-10/h2-5,8,12H,6-7H2,1H3. The molecule has 0 saturated carbocycles. The minimum atomic E-state index is -0.313. The molecule has 0 aromatic heterocycles. The van der Waals surface area contributed by atoms with E-state index in [1.807, 2.05) is 12.1 Å². The molecule has 1 N–H and O–H groups in total. The van der Waals surface area contributed by atoms with Gasteiger partial charge in [-0.05, 0) is 31.2 Å². The maximum absolute atomic E-state index is 8.97. The topological polar surface area (TPSA) is 29.5 Å². The van der Waals surface area contributed by atoms with Crippen LogP contribution in [0.5, 0.6) is 5.75 Å². The van der Waals surface area contributed by atoms with Crippen LogP contribution in [0.3, 0.4) is 0 Å². The molecule has 0 aliphatic rings. The summed E-state index contributed by atoms with van der Waals surface area (Å²) in [6.07, 6.45) is 0.329. The molecule has 0 aliphatic carbocycles. The number of benzene rings is 1. The molecule has 2 nitrogen and oxygen atoms in total. The highest BCUT2D eigenvalue weighted by atomic mass is 35.5. The second-order valence-corrected chi connectivity index (χ2v) is 3.38. The molecule has 0 heterocycles. The van der Waals surface area contributed by atoms with Gasteiger partial charge in [0.25, 0.3) is 0 Å². The first-order valence-electron chi connectivity index (χ1n) is 4.25. The van der Waals surface area contributed by atoms with Crippen LogP contribution in [0.25, 0.3) is 0 Å². The van der Waals surface area contributed by atoms with E-state index in [-0.39, 0.29) is 6.10 Å². The molecule has 0 spiro atoms. The van der Waals surface area contributed by atoms with Crippen LogP contribution >= 0.6 is 11.6 Å². The SMILES string of the molecule is CC(O)CCOc1ccc(Cl)cc1. The number of ether oxygens (including phenoxy) is 1. The molecule has 1 atom stereocenters. The zero-order chi connectivity index (χ0) is 9.68. The van der Waals surface area contributed by atoms with E-state index in [0.29, 0.717) is 18.1 Å². The third-order valence-electron chi connectivity index (χ3n) is 1.62. The number of hydrogen-bond donors (Lipinski definition) is 1. The van der Waals surface area contributed by atoms with Gasteiger partial charge in [0, 0.05) is 11.4 Å². The normalized spacial score (nSPS) is 12.5. The third-order valence-corrected chi connectivity index (χ3v) is 1.87. The maximum atomic E-state index is 8.97. The molecule has 0 aliphatic heterocycles. The van der Waals surface area contributed by atoms with Crippen LogP contribution in [0.15, 0.2) is 24.3 Å². The molecule has 72 valence electrons. The highest BCUT2D eigenvalue weighted by Crippen LogP contribution is 2.15. The van der Waals surface area contributed by atoms with E-state index in [1.165, 1.54) is 0 Å². The monoisotopic (exact) mass is 200 g/mol. The molecule has 0 fully saturated rings. The molecule has 1 rings (SSSR count). The van der Waals surface area contributed by atoms with E-state index < -0.39 is 0 Å². The highest BCUT2D eigenvalue weighted by molar-refractivity contribution is 6.30. The summed E-state index contributed by atoms with van der Waals surface area (Å²) in [4.78, 5) is 0. The van der Waals surface area contributed by atoms with E-state index in [0.717, 1.165) is 5.75 Å². The van der Waals surface area contributed by atoms with Crippen LogP contribution in [0.4, 0.5) is 0 Å². The van der Waals surface area contributed by atoms with Crippen molar-refractivity contribution in [3.8, 4) is 5.75 Å². The van der Waals surface area contributed by atoms with Crippen molar-refractivity contribution in [1.29, 1.82) is 0 Å². The average Bonchev–Trinajstić information content (AvgIpc) is 2.08. The zero-order valence-corrected chi connectivity index (χ0v) is 8.29. The third kappa shape index (κ3) is 4.15. The highest BCUT2D eigenvalue weighted by Gasteiger charge is 1.97. The summed E-state index contributed by atoms with van der Waals surface area (Å²) in [7, 11) is 0. The molecule has 1 aromatic rings. The molecule has 0 saturated heterocycles. The van der Waals surface area contributed by atoms with Crippen molar-refractivity contribution in [2.45, 2.75) is 19.4 Å². The summed E-state index contributed by atoms with van der Waals surface area (Å²) in [6, 6.07) is 7.17. The first-order valence-corrected chi connectivity index (χ1v) is 4.62. The van der Waals surface area contributed by atoms with Gasteiger partial charge >= 0.3 is 0 Å². The fourth-order valence-electron chi connectivity index (χ4n) is 0.878. The summed E-state index contributed by atoms with van der Waals surface area (Å²) in [6.45, 7) is 2.27. The average molecular weight is 201 g/mol. The van der Waals surface area contributed by atoms with Crippen LogP contribution in [0.2, 0.25) is 5.02 Å². The van der Waals surface area contributed by atoms with Crippen molar-refractivity contribution in [3.05, 3.63) is 29.3 Å². The Bertz CT molecular complexity index is 244. The van der Waals surface area contributed by atoms with Crippen LogP contribution in [-0.2, 0) is 0 Å². The van der Waals surface area contributed by atoms with Crippen LogP contribution in [0, 0.1) is 0 Å². The zero-order valence-electron chi connectivity index (χ0n) is 7.53. The Morgan fingerprint density at radius 3 is 2.54 bits per heavy atom. The molecular weight excluding hydrogens is 188 g/mol. The second-order valence-electron chi connectivity index (χ2n) is 2.94. The summed E-state index contributed by atoms with van der Waals surface area (Å²) in [5.41, 5.74) is 0. The number of aliphatic hydroxyl groups excluding tert-OH is 1. The first-order chi connectivity index (χ1) is 6.18. The van der Waals surface area contributed by atoms with Crippen molar-refractivity contribution in [3.63, 3.8) is 0 Å². The van der Waals surface area contributed by atoms with Gasteiger partial charge in [0.2, 0.25) is 0 Å². The molecule has 13 heavy (non-hydrogen) atoms. The summed E-state index contributed by atoms with van der Waals surface area (Å²) >= 11 is 5.70. The Kier molecular flexibility index (Phi) is 4.06. The van der Waals surface area contributed by atoms with Gasteiger partial charge in [0.1, 0.15) is 5.75 Å². The van der Waals surface area contributed by atoms with Crippen molar-refractivity contribution >= 4 is 11.6 Å². The van der Waals surface area contributed by atoms with Gasteiger partial charge in [-0.1, -0.05) is 11.6 Å². The molecule has 0 amide bonds. The summed E-state index contributed by atoms with van der Waals surface area (Å²) in [5.74, 6) is 0.782. The van der Waals surface area contributed by atoms with Crippen molar-refractivity contribution in [1.82, 2.24) is 0 Å². The smallest absolute Gasteiger partial charge is 0.119 e. The van der Waals surface area contributed by atoms with Crippen LogP contribution < -0.4 is 4.74 Å². The predicted octanol–water partition coefficient (Wildman–Crippen LogP) is 2.49. The first kappa shape index (κ1) is 10.4. The lowest BCUT2D eigenvalue weighted by atomic mass is 10.3. The molecule has 0 radical (unpaired) electrons. The largest absolute Gasteiger partial charge is 0.493 e. The fourth-order valence-corrected chi connectivity index (χ4v) is 1.00. The fraction of sp³-hybridized carbons (Fsp3) is 0.400. The molecule has 1 aromatic carbocycles. The van der Waals surface area contributed by atoms with E-state index >= 15 is 0 Å². The number of halogens is 1. The quantitative estimate of drug-likeness (QED) is 0.809. The van der Waals surface area contributed by atoms with Crippen LogP contribution in [-0.4, -0.2) is 17.8 Å². The second kappa shape index (κ2) is 5.10.